The average Bonchev–Trinajstić information content (AvgIpc) is 2.47. The summed E-state index contributed by atoms with van der Waals surface area (Å²) in [6.07, 6.45) is 1.90. The fourth-order valence-corrected chi connectivity index (χ4v) is 1.59. The van der Waals surface area contributed by atoms with E-state index in [0.717, 1.165) is 12.8 Å². The second kappa shape index (κ2) is 4.40. The zero-order valence-electron chi connectivity index (χ0n) is 9.00. The predicted molar refractivity (Wildman–Crippen MR) is 50.3 cm³/mol. The third kappa shape index (κ3) is 2.93. The molecule has 0 saturated carbocycles. The van der Waals surface area contributed by atoms with Gasteiger partial charge >= 0.3 is 0 Å². The molecule has 0 radical (unpaired) electrons. The van der Waals surface area contributed by atoms with Crippen LogP contribution in [0.15, 0.2) is 0 Å². The quantitative estimate of drug-likeness (QED) is 0.676. The largest absolute Gasteiger partial charge is 0.353 e. The van der Waals surface area contributed by atoms with Crippen molar-refractivity contribution in [2.45, 2.75) is 45.7 Å². The number of hydrogen-bond donors (Lipinski definition) is 0. The van der Waals surface area contributed by atoms with E-state index in [9.17, 15) is 0 Å². The normalized spacial score (nSPS) is 36.5. The Kier molecular flexibility index (Phi) is 3.71. The predicted octanol–water partition coefficient (Wildman–Crippen LogP) is 2.16. The molecule has 3 unspecified atom stereocenters. The van der Waals surface area contributed by atoms with Gasteiger partial charge in [0.15, 0.2) is 12.1 Å². The lowest BCUT2D eigenvalue weighted by atomic mass is 10.00. The first-order chi connectivity index (χ1) is 6.09. The van der Waals surface area contributed by atoms with Crippen molar-refractivity contribution < 1.29 is 14.2 Å². The molecule has 0 aromatic heterocycles. The van der Waals surface area contributed by atoms with Crippen LogP contribution in [0.1, 0.15) is 33.6 Å². The number of rotatable bonds is 4. The molecule has 0 amide bonds. The maximum absolute atomic E-state index is 5.63. The molecule has 1 heterocycles. The Balaban J connectivity index is 2.40. The Morgan fingerprint density at radius 1 is 1.62 bits per heavy atom. The molecule has 0 aliphatic carbocycles. The third-order valence-corrected chi connectivity index (χ3v) is 2.58. The molecule has 0 spiro atoms. The minimum Gasteiger partial charge on any atom is -0.353 e. The molecule has 3 nitrogen and oxygen atoms in total. The van der Waals surface area contributed by atoms with Gasteiger partial charge in [0.05, 0.1) is 0 Å². The molecule has 0 bridgehead atoms. The van der Waals surface area contributed by atoms with Gasteiger partial charge in [0, 0.05) is 13.5 Å². The van der Waals surface area contributed by atoms with Crippen molar-refractivity contribution in [3.8, 4) is 0 Å². The lowest BCUT2D eigenvalue weighted by Gasteiger charge is -2.25. The molecule has 78 valence electrons. The number of ether oxygens (including phenoxy) is 3. The first-order valence-corrected chi connectivity index (χ1v) is 4.94. The highest BCUT2D eigenvalue weighted by Gasteiger charge is 2.37. The summed E-state index contributed by atoms with van der Waals surface area (Å²) in [5.74, 6) is 0.191. The van der Waals surface area contributed by atoms with Crippen molar-refractivity contribution in [1.29, 1.82) is 0 Å². The summed E-state index contributed by atoms with van der Waals surface area (Å²) in [7, 11) is 1.64. The molecule has 0 aromatic carbocycles. The molecule has 1 aliphatic heterocycles. The maximum Gasteiger partial charge on any atom is 0.183 e. The zero-order chi connectivity index (χ0) is 9.90. The average molecular weight is 188 g/mol. The zero-order valence-corrected chi connectivity index (χ0v) is 9.00. The van der Waals surface area contributed by atoms with Crippen LogP contribution in [-0.4, -0.2) is 25.8 Å². The lowest BCUT2D eigenvalue weighted by Crippen LogP contribution is -2.29. The van der Waals surface area contributed by atoms with E-state index in [1.54, 1.807) is 7.11 Å². The Morgan fingerprint density at radius 2 is 2.31 bits per heavy atom. The van der Waals surface area contributed by atoms with E-state index in [4.69, 9.17) is 14.2 Å². The van der Waals surface area contributed by atoms with Crippen molar-refractivity contribution in [2.24, 2.45) is 5.92 Å². The van der Waals surface area contributed by atoms with E-state index in [0.29, 0.717) is 12.5 Å². The second-order valence-corrected chi connectivity index (χ2v) is 3.95. The molecule has 3 heteroatoms. The summed E-state index contributed by atoms with van der Waals surface area (Å²) in [5.41, 5.74) is 0. The standard InChI is InChI=1S/C10H20O3/c1-5-8(2)6-10(3)12-7-9(11-4)13-10/h8-9H,5-7H2,1-4H3. The van der Waals surface area contributed by atoms with E-state index in [1.807, 2.05) is 6.92 Å². The van der Waals surface area contributed by atoms with Crippen LogP contribution in [0.2, 0.25) is 0 Å². The van der Waals surface area contributed by atoms with Gasteiger partial charge < -0.3 is 14.2 Å². The van der Waals surface area contributed by atoms with Gasteiger partial charge in [0.25, 0.3) is 0 Å². The van der Waals surface area contributed by atoms with Crippen molar-refractivity contribution >= 4 is 0 Å². The fourth-order valence-electron chi connectivity index (χ4n) is 1.59. The minimum atomic E-state index is -0.434. The Bertz CT molecular complexity index is 160. The van der Waals surface area contributed by atoms with Gasteiger partial charge in [-0.2, -0.15) is 0 Å². The van der Waals surface area contributed by atoms with Crippen LogP contribution in [0.4, 0.5) is 0 Å². The van der Waals surface area contributed by atoms with Crippen molar-refractivity contribution in [3.63, 3.8) is 0 Å². The van der Waals surface area contributed by atoms with E-state index < -0.39 is 5.79 Å². The number of methoxy groups -OCH3 is 1. The minimum absolute atomic E-state index is 0.186. The van der Waals surface area contributed by atoms with Crippen LogP contribution in [0, 0.1) is 5.92 Å². The summed E-state index contributed by atoms with van der Waals surface area (Å²) >= 11 is 0. The van der Waals surface area contributed by atoms with Gasteiger partial charge in [-0.1, -0.05) is 20.3 Å². The van der Waals surface area contributed by atoms with Crippen LogP contribution in [0.25, 0.3) is 0 Å². The van der Waals surface area contributed by atoms with Gasteiger partial charge in [-0.15, -0.1) is 0 Å². The highest BCUT2D eigenvalue weighted by molar-refractivity contribution is 4.73. The van der Waals surface area contributed by atoms with E-state index in [-0.39, 0.29) is 6.29 Å². The fraction of sp³-hybridized carbons (Fsp3) is 1.00. The Morgan fingerprint density at radius 3 is 2.77 bits per heavy atom. The maximum atomic E-state index is 5.63. The molecule has 1 rings (SSSR count). The summed E-state index contributed by atoms with van der Waals surface area (Å²) in [5, 5.41) is 0. The van der Waals surface area contributed by atoms with Crippen LogP contribution in [-0.2, 0) is 14.2 Å². The highest BCUT2D eigenvalue weighted by atomic mass is 16.8. The molecular formula is C10H20O3. The molecule has 1 fully saturated rings. The van der Waals surface area contributed by atoms with E-state index in [1.165, 1.54) is 0 Å². The van der Waals surface area contributed by atoms with Gasteiger partial charge in [-0.05, 0) is 12.8 Å². The van der Waals surface area contributed by atoms with Gasteiger partial charge in [-0.3, -0.25) is 0 Å². The van der Waals surface area contributed by atoms with Crippen LogP contribution in [0.5, 0.6) is 0 Å². The summed E-state index contributed by atoms with van der Waals surface area (Å²) in [6, 6.07) is 0. The smallest absolute Gasteiger partial charge is 0.183 e. The molecule has 0 N–H and O–H groups in total. The lowest BCUT2D eigenvalue weighted by molar-refractivity contribution is -0.202. The third-order valence-electron chi connectivity index (χ3n) is 2.58. The van der Waals surface area contributed by atoms with Gasteiger partial charge in [0.1, 0.15) is 6.61 Å². The molecule has 1 aliphatic rings. The summed E-state index contributed by atoms with van der Waals surface area (Å²) in [4.78, 5) is 0. The Hall–Kier alpha value is -0.120. The molecule has 1 saturated heterocycles. The van der Waals surface area contributed by atoms with Crippen molar-refractivity contribution in [3.05, 3.63) is 0 Å². The van der Waals surface area contributed by atoms with Crippen LogP contribution >= 0.6 is 0 Å². The molecule has 3 atom stereocenters. The monoisotopic (exact) mass is 188 g/mol. The van der Waals surface area contributed by atoms with E-state index >= 15 is 0 Å². The van der Waals surface area contributed by atoms with Gasteiger partial charge in [-0.25, -0.2) is 0 Å². The topological polar surface area (TPSA) is 27.7 Å². The first kappa shape index (κ1) is 11.0. The molecule has 0 aromatic rings. The van der Waals surface area contributed by atoms with Crippen molar-refractivity contribution in [1.82, 2.24) is 0 Å². The summed E-state index contributed by atoms with van der Waals surface area (Å²) in [6.45, 7) is 6.91. The van der Waals surface area contributed by atoms with E-state index in [2.05, 4.69) is 13.8 Å². The Labute approximate surface area is 80.4 Å². The van der Waals surface area contributed by atoms with Crippen LogP contribution in [0.3, 0.4) is 0 Å². The second-order valence-electron chi connectivity index (χ2n) is 3.95. The number of hydrogen-bond acceptors (Lipinski definition) is 3. The van der Waals surface area contributed by atoms with Crippen molar-refractivity contribution in [2.75, 3.05) is 13.7 Å². The summed E-state index contributed by atoms with van der Waals surface area (Å²) < 4.78 is 16.3. The van der Waals surface area contributed by atoms with Crippen LogP contribution < -0.4 is 0 Å². The molecular weight excluding hydrogens is 168 g/mol. The SMILES string of the molecule is CCC(C)CC1(C)OCC(OC)O1. The highest BCUT2D eigenvalue weighted by Crippen LogP contribution is 2.30. The first-order valence-electron chi connectivity index (χ1n) is 4.94. The molecule has 13 heavy (non-hydrogen) atoms. The van der Waals surface area contributed by atoms with Gasteiger partial charge in [0.2, 0.25) is 0 Å².